The van der Waals surface area contributed by atoms with Crippen LogP contribution in [0.2, 0.25) is 0 Å². The number of halogens is 3. The number of likely N-dealkylation sites (N-methyl/N-ethyl adjacent to an activating group) is 2. The lowest BCUT2D eigenvalue weighted by Crippen LogP contribution is -2.26. The van der Waals surface area contributed by atoms with Gasteiger partial charge in [-0.25, -0.2) is 24.7 Å². The summed E-state index contributed by atoms with van der Waals surface area (Å²) >= 11 is 10.2. The van der Waals surface area contributed by atoms with Crippen molar-refractivity contribution in [1.82, 2.24) is 20.6 Å². The molecule has 1 amide bonds. The number of rotatable bonds is 14. The lowest BCUT2D eigenvalue weighted by molar-refractivity contribution is 0.0591. The first-order valence-electron chi connectivity index (χ1n) is 32.1. The van der Waals surface area contributed by atoms with Crippen molar-refractivity contribution in [2.45, 2.75) is 61.8 Å². The Bertz CT molecular complexity index is 4060. The number of carbonyl (C=O) groups is 5. The first-order valence-corrected chi connectivity index (χ1v) is 34.8. The highest BCUT2D eigenvalue weighted by Gasteiger charge is 2.27. The van der Waals surface area contributed by atoms with Crippen molar-refractivity contribution < 1.29 is 67.4 Å². The molecule has 0 unspecified atom stereocenters. The molecular formula is C79H89Br3N4O14S4. The molecule has 12 rings (SSSR count). The molecule has 9 aromatic rings. The molecule has 0 aromatic heterocycles. The standard InChI is InChI=1S/C18H19BrO3.C18H19NO3.C17H18N2O3.C17H17NO3.C9H8Br2O2.4H2S/c1-22-18(21)15-9-7-14(17(19)11-15)8-10-16(12-20)13-5-3-2-4-6-13;1-19-11-15-9-8-14(18(20)21-2)10-17(15)22-12-16(19)13-6-4-3-5-7-13;1-19-10-14-8-7-13(17(20)18-21)9-16(14)22-11-15(19)12-5-3-2-4-6-12;1-20-17(19)13-7-8-14-10-18-15(11-21-16(14)9-13)12-5-3-2-4-6-12;1-13-9(12)6-2-3-7(5-10)8(11)4-6;;;;/h2-7,9,11,16,20H,8,10,12H2,1H3;3-10,16H,11-12H2,1-2H3;2-9,15,21H,10-11H2,1H3,(H,18,20);2-9,15,18H,10-11H2,1H3;2-4H,5H2,1H3;4*1H2/t2*16-;2*15-;;;;;/m1111...../s1. The van der Waals surface area contributed by atoms with Gasteiger partial charge >= 0.3 is 23.9 Å². The Labute approximate surface area is 661 Å². The number of aryl methyl sites for hydroxylation is 1. The fourth-order valence-corrected chi connectivity index (χ4v) is 13.2. The van der Waals surface area contributed by atoms with Crippen LogP contribution in [0.5, 0.6) is 17.2 Å². The van der Waals surface area contributed by atoms with E-state index in [0.717, 1.165) is 85.1 Å². The third-order valence-corrected chi connectivity index (χ3v) is 19.0. The summed E-state index contributed by atoms with van der Waals surface area (Å²) in [5, 5.41) is 22.6. The van der Waals surface area contributed by atoms with Crippen molar-refractivity contribution >= 4 is 132 Å². The summed E-state index contributed by atoms with van der Waals surface area (Å²) in [5.74, 6) is 0.411. The molecule has 4 N–H and O–H groups in total. The molecule has 0 saturated heterocycles. The summed E-state index contributed by atoms with van der Waals surface area (Å²) in [7, 11) is 9.65. The molecule has 3 heterocycles. The van der Waals surface area contributed by atoms with Gasteiger partial charge in [-0.05, 0) is 121 Å². The van der Waals surface area contributed by atoms with Crippen LogP contribution in [-0.2, 0) is 50.3 Å². The average Bonchev–Trinajstić information content (AvgIpc) is 1.76. The number of aliphatic hydroxyl groups excluding tert-OH is 1. The number of fused-ring (bicyclic) bond motifs is 3. The van der Waals surface area contributed by atoms with E-state index in [2.05, 4.69) is 118 Å². The molecule has 0 radical (unpaired) electrons. The normalized spacial score (nSPS) is 14.9. The fraction of sp³-hybridized carbons (Fsp3) is 0.253. The molecule has 0 fully saturated rings. The van der Waals surface area contributed by atoms with Gasteiger partial charge in [0, 0.05) is 68.7 Å². The molecule has 0 aliphatic carbocycles. The summed E-state index contributed by atoms with van der Waals surface area (Å²) in [6, 6.07) is 68.2. The molecule has 0 saturated carbocycles. The van der Waals surface area contributed by atoms with Crippen LogP contribution in [0.25, 0.3) is 0 Å². The SMILES string of the molecule is CN1Cc2ccc(C(=O)NO)cc2OC[C@@H]1c1ccccc1.COC(=O)c1ccc(CBr)c(Br)c1.COC(=O)c1ccc(CC[C@H](CO)c2ccccc2)c(Br)c1.COC(=O)c1ccc2c(c1)OC[C@H](c1ccccc1)N(C)C2.COC(=O)c1ccc2c(c1)OC[C@H](c1ccccc1)NC2.S.S.S.S. The Hall–Kier alpha value is -7.63. The number of methoxy groups -OCH3 is 4. The summed E-state index contributed by atoms with van der Waals surface area (Å²) in [5.41, 5.74) is 14.3. The summed E-state index contributed by atoms with van der Waals surface area (Å²) in [6.45, 7) is 3.93. The Morgan fingerprint density at radius 1 is 0.490 bits per heavy atom. The maximum absolute atomic E-state index is 11.6. The molecule has 0 spiro atoms. The third-order valence-electron chi connectivity index (χ3n) is 17.0. The predicted octanol–water partition coefficient (Wildman–Crippen LogP) is 15.6. The predicted molar refractivity (Wildman–Crippen MR) is 435 cm³/mol. The van der Waals surface area contributed by atoms with Crippen LogP contribution in [0.1, 0.15) is 132 Å². The van der Waals surface area contributed by atoms with Crippen LogP contribution in [0.3, 0.4) is 0 Å². The van der Waals surface area contributed by atoms with Crippen molar-refractivity contribution in [2.75, 3.05) is 69.0 Å². The van der Waals surface area contributed by atoms with Gasteiger partial charge in [-0.15, -0.1) is 0 Å². The number of ether oxygens (including phenoxy) is 7. The van der Waals surface area contributed by atoms with Crippen molar-refractivity contribution in [1.29, 1.82) is 0 Å². The molecule has 9 aromatic carbocycles. The number of aliphatic hydroxyl groups is 1. The van der Waals surface area contributed by atoms with Gasteiger partial charge in [-0.2, -0.15) is 54.0 Å². The van der Waals surface area contributed by atoms with Crippen LogP contribution in [0.4, 0.5) is 0 Å². The Morgan fingerprint density at radius 3 is 1.27 bits per heavy atom. The van der Waals surface area contributed by atoms with E-state index < -0.39 is 5.91 Å². The van der Waals surface area contributed by atoms with Gasteiger partial charge < -0.3 is 43.6 Å². The first-order chi connectivity index (χ1) is 48.5. The van der Waals surface area contributed by atoms with Crippen LogP contribution in [0, 0.1) is 0 Å². The van der Waals surface area contributed by atoms with Crippen LogP contribution in [-0.4, -0.2) is 119 Å². The van der Waals surface area contributed by atoms with Crippen molar-refractivity contribution in [3.05, 3.63) is 299 Å². The van der Waals surface area contributed by atoms with Gasteiger partial charge in [0.05, 0.1) is 68.8 Å². The van der Waals surface area contributed by atoms with Gasteiger partial charge in [-0.1, -0.05) is 199 Å². The van der Waals surface area contributed by atoms with Gasteiger partial charge in [-0.3, -0.25) is 19.8 Å². The molecule has 18 nitrogen and oxygen atoms in total. The van der Waals surface area contributed by atoms with E-state index in [1.54, 1.807) is 66.1 Å². The minimum absolute atomic E-state index is 0. The van der Waals surface area contributed by atoms with E-state index in [0.29, 0.717) is 59.9 Å². The van der Waals surface area contributed by atoms with Gasteiger partial charge in [0.25, 0.3) is 5.91 Å². The number of esters is 4. The van der Waals surface area contributed by atoms with Crippen LogP contribution >= 0.6 is 102 Å². The summed E-state index contributed by atoms with van der Waals surface area (Å²) < 4.78 is 38.4. The molecule has 4 atom stereocenters. The van der Waals surface area contributed by atoms with Crippen molar-refractivity contribution in [2.24, 2.45) is 0 Å². The molecule has 0 bridgehead atoms. The number of hydrogen-bond donors (Lipinski definition) is 4. The first kappa shape index (κ1) is 88.8. The van der Waals surface area contributed by atoms with Crippen molar-refractivity contribution in [3.63, 3.8) is 0 Å². The van der Waals surface area contributed by atoms with E-state index in [1.165, 1.54) is 45.1 Å². The highest BCUT2D eigenvalue weighted by Crippen LogP contribution is 2.34. The molecule has 104 heavy (non-hydrogen) atoms. The minimum Gasteiger partial charge on any atom is -0.491 e. The second-order valence-electron chi connectivity index (χ2n) is 23.4. The highest BCUT2D eigenvalue weighted by molar-refractivity contribution is 9.11. The fourth-order valence-electron chi connectivity index (χ4n) is 11.2. The number of amides is 1. The number of hydrogen-bond acceptors (Lipinski definition) is 17. The Kier molecular flexibility index (Phi) is 39.0. The molecule has 3 aliphatic heterocycles. The number of hydroxylamine groups is 1. The lowest BCUT2D eigenvalue weighted by atomic mass is 9.93. The molecule has 25 heteroatoms. The number of carbonyl (C=O) groups excluding carboxylic acids is 5. The number of benzene rings is 9. The minimum atomic E-state index is -0.538. The number of nitrogens with one attached hydrogen (secondary N) is 2. The maximum atomic E-state index is 11.6. The maximum Gasteiger partial charge on any atom is 0.337 e. The molecular weight excluding hydrogens is 1600 g/mol. The van der Waals surface area contributed by atoms with Gasteiger partial charge in [0.15, 0.2) is 0 Å². The summed E-state index contributed by atoms with van der Waals surface area (Å²) in [4.78, 5) is 61.8. The second kappa shape index (κ2) is 45.7. The van der Waals surface area contributed by atoms with E-state index in [1.807, 2.05) is 115 Å². The topological polar surface area (TPSA) is 221 Å². The largest absolute Gasteiger partial charge is 0.491 e. The zero-order chi connectivity index (χ0) is 71.5. The van der Waals surface area contributed by atoms with Crippen molar-refractivity contribution in [3.8, 4) is 17.2 Å². The lowest BCUT2D eigenvalue weighted by Gasteiger charge is -2.25. The monoisotopic (exact) mass is 1680 g/mol. The van der Waals surface area contributed by atoms with Crippen LogP contribution in [0.15, 0.2) is 221 Å². The smallest absolute Gasteiger partial charge is 0.337 e. The Balaban J connectivity index is 0.000000275. The number of alkyl halides is 1. The van der Waals surface area contributed by atoms with E-state index >= 15 is 0 Å². The quantitative estimate of drug-likeness (QED) is 0.0261. The second-order valence-corrected chi connectivity index (χ2v) is 25.7. The van der Waals surface area contributed by atoms with E-state index in [4.69, 9.17) is 33.6 Å². The summed E-state index contributed by atoms with van der Waals surface area (Å²) in [6.07, 6.45) is 1.67. The van der Waals surface area contributed by atoms with Gasteiger partial charge in [0.1, 0.15) is 37.1 Å². The average molecular weight is 1690 g/mol. The molecule has 3 aliphatic rings. The van der Waals surface area contributed by atoms with Crippen LogP contribution < -0.4 is 25.0 Å². The third kappa shape index (κ3) is 25.3. The Morgan fingerprint density at radius 2 is 0.856 bits per heavy atom. The number of nitrogens with zero attached hydrogens (tertiary/aromatic N) is 2. The van der Waals surface area contributed by atoms with E-state index in [-0.39, 0.29) is 109 Å². The molecule has 554 valence electrons. The zero-order valence-electron chi connectivity index (χ0n) is 58.4. The van der Waals surface area contributed by atoms with E-state index in [9.17, 15) is 29.1 Å². The highest BCUT2D eigenvalue weighted by atomic mass is 79.9. The van der Waals surface area contributed by atoms with Gasteiger partial charge in [0.2, 0.25) is 0 Å². The zero-order valence-corrected chi connectivity index (χ0v) is 67.2.